The molecule has 0 amide bonds. The normalized spacial score (nSPS) is 41.6. The fourth-order valence-corrected chi connectivity index (χ4v) is 3.95. The van der Waals surface area contributed by atoms with Gasteiger partial charge in [-0.25, -0.2) is 0 Å². The highest BCUT2D eigenvalue weighted by atomic mass is 15.3. The van der Waals surface area contributed by atoms with Gasteiger partial charge in [-0.3, -0.25) is 4.90 Å². The summed E-state index contributed by atoms with van der Waals surface area (Å²) >= 11 is 0. The second-order valence-corrected chi connectivity index (χ2v) is 6.55. The van der Waals surface area contributed by atoms with Crippen LogP contribution in [0.25, 0.3) is 0 Å². The van der Waals surface area contributed by atoms with E-state index in [1.54, 1.807) is 0 Å². The van der Waals surface area contributed by atoms with Crippen molar-refractivity contribution in [3.8, 4) is 0 Å². The van der Waals surface area contributed by atoms with E-state index in [1.807, 2.05) is 0 Å². The molecule has 0 aliphatic carbocycles. The van der Waals surface area contributed by atoms with Crippen LogP contribution in [0.4, 0.5) is 0 Å². The summed E-state index contributed by atoms with van der Waals surface area (Å²) in [5, 5.41) is 3.50. The highest BCUT2D eigenvalue weighted by Gasteiger charge is 2.39. The third-order valence-electron chi connectivity index (χ3n) is 5.60. The minimum atomic E-state index is 0.393. The Morgan fingerprint density at radius 2 is 1.71 bits per heavy atom. The first-order valence-electron chi connectivity index (χ1n) is 7.35. The Hall–Kier alpha value is -0.120. The molecule has 4 heterocycles. The van der Waals surface area contributed by atoms with Crippen molar-refractivity contribution in [1.82, 2.24) is 15.1 Å². The number of hydrogen-bond donors (Lipinski definition) is 1. The predicted molar refractivity (Wildman–Crippen MR) is 71.2 cm³/mol. The number of nitrogens with zero attached hydrogens (tertiary/aromatic N) is 2. The van der Waals surface area contributed by atoms with Gasteiger partial charge in [-0.2, -0.15) is 0 Å². The number of likely N-dealkylation sites (tertiary alicyclic amines) is 1. The second-order valence-electron chi connectivity index (χ2n) is 6.55. The Kier molecular flexibility index (Phi) is 3.18. The number of piperidine rings is 4. The van der Waals surface area contributed by atoms with Gasteiger partial charge in [0.25, 0.3) is 0 Å². The lowest BCUT2D eigenvalue weighted by Crippen LogP contribution is -2.61. The van der Waals surface area contributed by atoms with Crippen molar-refractivity contribution in [1.29, 1.82) is 0 Å². The van der Waals surface area contributed by atoms with Crippen LogP contribution < -0.4 is 5.32 Å². The molecule has 98 valence electrons. The van der Waals surface area contributed by atoms with Crippen LogP contribution in [0.1, 0.15) is 32.6 Å². The van der Waals surface area contributed by atoms with Crippen LogP contribution >= 0.6 is 0 Å². The molecule has 0 aromatic rings. The average Bonchev–Trinajstić information content (AvgIpc) is 2.41. The van der Waals surface area contributed by atoms with E-state index in [2.05, 4.69) is 29.1 Å². The van der Waals surface area contributed by atoms with Crippen LogP contribution in [0.3, 0.4) is 0 Å². The molecule has 4 fully saturated rings. The zero-order valence-corrected chi connectivity index (χ0v) is 11.4. The minimum Gasteiger partial charge on any atom is -0.314 e. The minimum absolute atomic E-state index is 0.393. The van der Waals surface area contributed by atoms with Crippen molar-refractivity contribution in [3.05, 3.63) is 0 Å². The highest BCUT2D eigenvalue weighted by Crippen LogP contribution is 2.33. The van der Waals surface area contributed by atoms with E-state index in [-0.39, 0.29) is 0 Å². The maximum absolute atomic E-state index is 3.50. The van der Waals surface area contributed by atoms with Crippen LogP contribution in [0, 0.1) is 5.92 Å². The third kappa shape index (κ3) is 2.25. The van der Waals surface area contributed by atoms with Gasteiger partial charge in [-0.05, 0) is 58.7 Å². The van der Waals surface area contributed by atoms with Crippen molar-refractivity contribution in [2.75, 3.05) is 39.8 Å². The summed E-state index contributed by atoms with van der Waals surface area (Å²) in [5.41, 5.74) is 0.393. The molecule has 4 rings (SSSR count). The topological polar surface area (TPSA) is 18.5 Å². The number of fused-ring (bicyclic) bond motifs is 3. The van der Waals surface area contributed by atoms with Gasteiger partial charge in [0.2, 0.25) is 0 Å². The molecular weight excluding hydrogens is 210 g/mol. The van der Waals surface area contributed by atoms with E-state index in [0.717, 1.165) is 12.0 Å². The van der Waals surface area contributed by atoms with E-state index in [0.29, 0.717) is 5.54 Å². The number of hydrogen-bond acceptors (Lipinski definition) is 3. The van der Waals surface area contributed by atoms with Gasteiger partial charge in [0.15, 0.2) is 0 Å². The van der Waals surface area contributed by atoms with E-state index in [9.17, 15) is 0 Å². The van der Waals surface area contributed by atoms with Gasteiger partial charge in [0, 0.05) is 31.2 Å². The molecule has 0 radical (unpaired) electrons. The van der Waals surface area contributed by atoms with Gasteiger partial charge in [0.05, 0.1) is 0 Å². The lowest BCUT2D eigenvalue weighted by molar-refractivity contribution is -0.0128. The Morgan fingerprint density at radius 1 is 1.06 bits per heavy atom. The molecule has 2 bridgehead atoms. The van der Waals surface area contributed by atoms with E-state index in [4.69, 9.17) is 0 Å². The van der Waals surface area contributed by atoms with Crippen LogP contribution in [0.15, 0.2) is 0 Å². The molecule has 1 N–H and O–H groups in total. The Balaban J connectivity index is 1.60. The molecule has 0 aromatic carbocycles. The number of rotatable bonds is 2. The SMILES string of the molecule is CNC1(C)CCN(C2CN3CCC2CC3)CC1. The van der Waals surface area contributed by atoms with Crippen LogP contribution in [-0.2, 0) is 0 Å². The highest BCUT2D eigenvalue weighted by molar-refractivity contribution is 4.96. The summed E-state index contributed by atoms with van der Waals surface area (Å²) < 4.78 is 0. The molecule has 3 heteroatoms. The summed E-state index contributed by atoms with van der Waals surface area (Å²) in [7, 11) is 2.12. The fourth-order valence-electron chi connectivity index (χ4n) is 3.95. The molecule has 1 atom stereocenters. The first-order valence-corrected chi connectivity index (χ1v) is 7.35. The van der Waals surface area contributed by atoms with Crippen molar-refractivity contribution in [2.45, 2.75) is 44.2 Å². The molecule has 4 aliphatic rings. The smallest absolute Gasteiger partial charge is 0.0252 e. The van der Waals surface area contributed by atoms with Crippen molar-refractivity contribution < 1.29 is 0 Å². The quantitative estimate of drug-likeness (QED) is 0.777. The van der Waals surface area contributed by atoms with Crippen LogP contribution in [-0.4, -0.2) is 61.2 Å². The predicted octanol–water partition coefficient (Wildman–Crippen LogP) is 1.15. The summed E-state index contributed by atoms with van der Waals surface area (Å²) in [6, 6.07) is 0.874. The number of nitrogens with one attached hydrogen (secondary N) is 1. The molecule has 17 heavy (non-hydrogen) atoms. The fraction of sp³-hybridized carbons (Fsp3) is 1.00. The average molecular weight is 237 g/mol. The van der Waals surface area contributed by atoms with E-state index in [1.165, 1.54) is 58.4 Å². The maximum Gasteiger partial charge on any atom is 0.0252 e. The molecule has 0 saturated carbocycles. The Morgan fingerprint density at radius 3 is 2.18 bits per heavy atom. The van der Waals surface area contributed by atoms with Gasteiger partial charge >= 0.3 is 0 Å². The van der Waals surface area contributed by atoms with Crippen molar-refractivity contribution >= 4 is 0 Å². The Bertz CT molecular complexity index is 263. The van der Waals surface area contributed by atoms with Gasteiger partial charge in [0.1, 0.15) is 0 Å². The van der Waals surface area contributed by atoms with Crippen LogP contribution in [0.5, 0.6) is 0 Å². The third-order valence-corrected chi connectivity index (χ3v) is 5.60. The molecule has 4 saturated heterocycles. The summed E-state index contributed by atoms with van der Waals surface area (Å²) in [5.74, 6) is 0.999. The van der Waals surface area contributed by atoms with Crippen molar-refractivity contribution in [3.63, 3.8) is 0 Å². The van der Waals surface area contributed by atoms with E-state index < -0.39 is 0 Å². The first kappa shape index (κ1) is 11.9. The molecular formula is C14H27N3. The largest absolute Gasteiger partial charge is 0.314 e. The van der Waals surface area contributed by atoms with Gasteiger partial charge in [-0.15, -0.1) is 0 Å². The Labute approximate surface area is 106 Å². The molecule has 1 unspecified atom stereocenters. The first-order chi connectivity index (χ1) is 8.20. The summed E-state index contributed by atoms with van der Waals surface area (Å²) in [6.45, 7) is 9.05. The lowest BCUT2D eigenvalue weighted by atomic mass is 9.81. The van der Waals surface area contributed by atoms with E-state index >= 15 is 0 Å². The molecule has 4 aliphatic heterocycles. The zero-order chi connectivity index (χ0) is 11.9. The lowest BCUT2D eigenvalue weighted by Gasteiger charge is -2.51. The monoisotopic (exact) mass is 237 g/mol. The standard InChI is InChI=1S/C14H27N3/c1-14(15-2)5-9-17(10-6-14)13-11-16-7-3-12(13)4-8-16/h12-13,15H,3-11H2,1-2H3. The van der Waals surface area contributed by atoms with Gasteiger partial charge in [-0.1, -0.05) is 0 Å². The second kappa shape index (κ2) is 4.52. The molecule has 0 aromatic heterocycles. The maximum atomic E-state index is 3.50. The molecule has 3 nitrogen and oxygen atoms in total. The zero-order valence-electron chi connectivity index (χ0n) is 11.4. The molecule has 0 spiro atoms. The van der Waals surface area contributed by atoms with Crippen molar-refractivity contribution in [2.24, 2.45) is 5.92 Å². The van der Waals surface area contributed by atoms with Crippen LogP contribution in [0.2, 0.25) is 0 Å². The summed E-state index contributed by atoms with van der Waals surface area (Å²) in [4.78, 5) is 5.46. The van der Waals surface area contributed by atoms with Gasteiger partial charge < -0.3 is 10.2 Å². The summed E-state index contributed by atoms with van der Waals surface area (Å²) in [6.07, 6.45) is 5.52.